The summed E-state index contributed by atoms with van der Waals surface area (Å²) in [6, 6.07) is 21.1. The highest BCUT2D eigenvalue weighted by molar-refractivity contribution is 6.33. The van der Waals surface area contributed by atoms with Crippen molar-refractivity contribution in [2.75, 3.05) is 5.32 Å². The standard InChI is InChI=1S/C19H14ClNO/c20-17-7-3-4-8-18(17)21-12-11-19(22)16-10-9-14-5-1-2-6-15(14)13-16/h1-13,21H/b12-11-. The lowest BCUT2D eigenvalue weighted by Gasteiger charge is -2.03. The summed E-state index contributed by atoms with van der Waals surface area (Å²) in [6.45, 7) is 0. The smallest absolute Gasteiger partial charge is 0.187 e. The minimum Gasteiger partial charge on any atom is -0.360 e. The van der Waals surface area contributed by atoms with Crippen molar-refractivity contribution in [3.63, 3.8) is 0 Å². The number of halogens is 1. The summed E-state index contributed by atoms with van der Waals surface area (Å²) in [4.78, 5) is 12.2. The van der Waals surface area contributed by atoms with Crippen molar-refractivity contribution < 1.29 is 4.79 Å². The zero-order chi connectivity index (χ0) is 15.4. The fourth-order valence-corrected chi connectivity index (χ4v) is 2.41. The number of fused-ring (bicyclic) bond motifs is 1. The highest BCUT2D eigenvalue weighted by atomic mass is 35.5. The van der Waals surface area contributed by atoms with Crippen molar-refractivity contribution in [2.24, 2.45) is 0 Å². The molecule has 0 atom stereocenters. The van der Waals surface area contributed by atoms with Gasteiger partial charge < -0.3 is 5.32 Å². The Balaban J connectivity index is 1.75. The van der Waals surface area contributed by atoms with Crippen molar-refractivity contribution in [1.29, 1.82) is 0 Å². The van der Waals surface area contributed by atoms with Crippen LogP contribution in [0.15, 0.2) is 79.0 Å². The van der Waals surface area contributed by atoms with E-state index in [-0.39, 0.29) is 5.78 Å². The summed E-state index contributed by atoms with van der Waals surface area (Å²) in [7, 11) is 0. The van der Waals surface area contributed by atoms with Gasteiger partial charge in [-0.25, -0.2) is 0 Å². The Labute approximate surface area is 134 Å². The molecule has 1 N–H and O–H groups in total. The predicted octanol–water partition coefficient (Wildman–Crippen LogP) is 5.30. The van der Waals surface area contributed by atoms with Gasteiger partial charge in [-0.3, -0.25) is 4.79 Å². The summed E-state index contributed by atoms with van der Waals surface area (Å²) in [5, 5.41) is 5.81. The molecule has 2 nitrogen and oxygen atoms in total. The summed E-state index contributed by atoms with van der Waals surface area (Å²) in [5.74, 6) is -0.0506. The van der Waals surface area contributed by atoms with E-state index in [0.29, 0.717) is 10.6 Å². The molecule has 0 fully saturated rings. The molecule has 0 unspecified atom stereocenters. The highest BCUT2D eigenvalue weighted by Crippen LogP contribution is 2.20. The van der Waals surface area contributed by atoms with E-state index < -0.39 is 0 Å². The Morgan fingerprint density at radius 3 is 2.45 bits per heavy atom. The van der Waals surface area contributed by atoms with E-state index in [1.54, 1.807) is 12.3 Å². The minimum absolute atomic E-state index is 0.0506. The summed E-state index contributed by atoms with van der Waals surface area (Å²) in [5.41, 5.74) is 1.43. The molecule has 0 amide bonds. The van der Waals surface area contributed by atoms with Gasteiger partial charge in [0.15, 0.2) is 5.78 Å². The molecule has 3 rings (SSSR count). The SMILES string of the molecule is O=C(/C=C\Nc1ccccc1Cl)c1ccc2ccccc2c1. The lowest BCUT2D eigenvalue weighted by Crippen LogP contribution is -1.96. The van der Waals surface area contributed by atoms with E-state index in [4.69, 9.17) is 11.6 Å². The highest BCUT2D eigenvalue weighted by Gasteiger charge is 2.03. The second kappa shape index (κ2) is 6.46. The van der Waals surface area contributed by atoms with Crippen LogP contribution in [0.3, 0.4) is 0 Å². The second-order valence-corrected chi connectivity index (χ2v) is 5.29. The van der Waals surface area contributed by atoms with E-state index >= 15 is 0 Å². The average molecular weight is 308 g/mol. The van der Waals surface area contributed by atoms with Crippen LogP contribution < -0.4 is 5.32 Å². The Bertz CT molecular complexity index is 855. The molecule has 0 aromatic heterocycles. The average Bonchev–Trinajstić information content (AvgIpc) is 2.56. The van der Waals surface area contributed by atoms with Crippen molar-refractivity contribution in [3.8, 4) is 0 Å². The molecule has 0 spiro atoms. The van der Waals surface area contributed by atoms with Crippen molar-refractivity contribution in [1.82, 2.24) is 0 Å². The normalized spacial score (nSPS) is 11.0. The van der Waals surface area contributed by atoms with Gasteiger partial charge in [0.25, 0.3) is 0 Å². The van der Waals surface area contributed by atoms with Gasteiger partial charge in [-0.15, -0.1) is 0 Å². The third-order valence-electron chi connectivity index (χ3n) is 3.38. The fraction of sp³-hybridized carbons (Fsp3) is 0. The number of rotatable bonds is 4. The first-order valence-electron chi connectivity index (χ1n) is 6.95. The molecule has 0 bridgehead atoms. The molecular formula is C19H14ClNO. The number of anilines is 1. The fourth-order valence-electron chi connectivity index (χ4n) is 2.22. The monoisotopic (exact) mass is 307 g/mol. The molecule has 0 aliphatic heterocycles. The molecule has 3 aromatic carbocycles. The maximum atomic E-state index is 12.2. The molecular weight excluding hydrogens is 294 g/mol. The molecule has 108 valence electrons. The number of nitrogens with one attached hydrogen (secondary N) is 1. The first kappa shape index (κ1) is 14.4. The maximum Gasteiger partial charge on any atom is 0.187 e. The molecule has 3 aromatic rings. The largest absolute Gasteiger partial charge is 0.360 e. The van der Waals surface area contributed by atoms with Crippen molar-refractivity contribution >= 4 is 33.8 Å². The van der Waals surface area contributed by atoms with Crippen LogP contribution in [0.25, 0.3) is 10.8 Å². The number of benzene rings is 3. The number of hydrogen-bond donors (Lipinski definition) is 1. The Morgan fingerprint density at radius 2 is 1.64 bits per heavy atom. The van der Waals surface area contributed by atoms with Crippen LogP contribution in [0.5, 0.6) is 0 Å². The summed E-state index contributed by atoms with van der Waals surface area (Å²) in [6.07, 6.45) is 3.12. The first-order chi connectivity index (χ1) is 10.7. The van der Waals surface area contributed by atoms with Crippen LogP contribution in [-0.2, 0) is 0 Å². The van der Waals surface area contributed by atoms with Crippen molar-refractivity contribution in [2.45, 2.75) is 0 Å². The van der Waals surface area contributed by atoms with Gasteiger partial charge in [0.1, 0.15) is 0 Å². The number of ketones is 1. The van der Waals surface area contributed by atoms with Gasteiger partial charge in [-0.2, -0.15) is 0 Å². The molecule has 0 aliphatic rings. The molecule has 22 heavy (non-hydrogen) atoms. The molecule has 0 radical (unpaired) electrons. The predicted molar refractivity (Wildman–Crippen MR) is 92.5 cm³/mol. The van der Waals surface area contributed by atoms with Gasteiger partial charge in [0.2, 0.25) is 0 Å². The summed E-state index contributed by atoms with van der Waals surface area (Å²) >= 11 is 6.04. The minimum atomic E-state index is -0.0506. The maximum absolute atomic E-state index is 12.2. The van der Waals surface area contributed by atoms with Crippen LogP contribution in [0.1, 0.15) is 10.4 Å². The van der Waals surface area contributed by atoms with E-state index in [1.807, 2.05) is 60.7 Å². The van der Waals surface area contributed by atoms with Gasteiger partial charge in [0.05, 0.1) is 10.7 Å². The van der Waals surface area contributed by atoms with Crippen LogP contribution in [-0.4, -0.2) is 5.78 Å². The Hall–Kier alpha value is -2.58. The molecule has 0 heterocycles. The number of hydrogen-bond acceptors (Lipinski definition) is 2. The van der Waals surface area contributed by atoms with Gasteiger partial charge in [-0.1, -0.05) is 60.1 Å². The lowest BCUT2D eigenvalue weighted by molar-refractivity contribution is 0.104. The number of allylic oxidation sites excluding steroid dienone is 1. The van der Waals surface area contributed by atoms with E-state index in [0.717, 1.165) is 16.5 Å². The quantitative estimate of drug-likeness (QED) is 0.523. The number of para-hydroxylation sites is 1. The third kappa shape index (κ3) is 3.18. The van der Waals surface area contributed by atoms with Gasteiger partial charge in [-0.05, 0) is 29.0 Å². The van der Waals surface area contributed by atoms with Crippen LogP contribution in [0, 0.1) is 0 Å². The first-order valence-corrected chi connectivity index (χ1v) is 7.32. The van der Waals surface area contributed by atoms with Gasteiger partial charge >= 0.3 is 0 Å². The topological polar surface area (TPSA) is 29.1 Å². The van der Waals surface area contributed by atoms with Crippen molar-refractivity contribution in [3.05, 3.63) is 89.6 Å². The molecule has 3 heteroatoms. The van der Waals surface area contributed by atoms with Gasteiger partial charge in [0, 0.05) is 17.8 Å². The number of carbonyl (C=O) groups is 1. The van der Waals surface area contributed by atoms with E-state index in [2.05, 4.69) is 5.32 Å². The van der Waals surface area contributed by atoms with E-state index in [1.165, 1.54) is 6.08 Å². The van der Waals surface area contributed by atoms with Crippen LogP contribution >= 0.6 is 11.6 Å². The Morgan fingerprint density at radius 1 is 0.909 bits per heavy atom. The molecule has 0 saturated heterocycles. The molecule has 0 aliphatic carbocycles. The zero-order valence-electron chi connectivity index (χ0n) is 11.8. The molecule has 0 saturated carbocycles. The third-order valence-corrected chi connectivity index (χ3v) is 3.71. The second-order valence-electron chi connectivity index (χ2n) is 4.88. The summed E-state index contributed by atoms with van der Waals surface area (Å²) < 4.78 is 0. The Kier molecular flexibility index (Phi) is 4.22. The van der Waals surface area contributed by atoms with Crippen LogP contribution in [0.2, 0.25) is 5.02 Å². The van der Waals surface area contributed by atoms with Crippen LogP contribution in [0.4, 0.5) is 5.69 Å². The number of carbonyl (C=O) groups excluding carboxylic acids is 1. The van der Waals surface area contributed by atoms with E-state index in [9.17, 15) is 4.79 Å². The zero-order valence-corrected chi connectivity index (χ0v) is 12.5. The lowest BCUT2D eigenvalue weighted by atomic mass is 10.0.